The molecule has 1 aromatic heterocycles. The summed E-state index contributed by atoms with van der Waals surface area (Å²) >= 11 is 0. The van der Waals surface area contributed by atoms with Gasteiger partial charge in [0.25, 0.3) is 0 Å². The molecule has 3 aromatic rings. The number of hydrogen-bond acceptors (Lipinski definition) is 4. The monoisotopic (exact) mass is 349 g/mol. The van der Waals surface area contributed by atoms with Crippen LogP contribution in [0.25, 0.3) is 17.0 Å². The summed E-state index contributed by atoms with van der Waals surface area (Å²) in [5, 5.41) is 0.830. The zero-order valence-corrected chi connectivity index (χ0v) is 15.0. The standard InChI is InChI=1S/C21H20N2O3/c1-13-20(21(22)16-6-4-5-7-17(16)23-13)18(24)11-9-14-8-10-15(25-2)12-19(14)26-3/h4-12H,1-3H3,(H2,22,23)/p+1/b11-9+. The Hall–Kier alpha value is -3.34. The maximum absolute atomic E-state index is 12.8. The third-order valence-electron chi connectivity index (χ3n) is 4.29. The van der Waals surface area contributed by atoms with Crippen LogP contribution < -0.4 is 20.2 Å². The fraction of sp³-hybridized carbons (Fsp3) is 0.143. The number of pyridine rings is 1. The molecule has 0 spiro atoms. The largest absolute Gasteiger partial charge is 0.497 e. The van der Waals surface area contributed by atoms with Crippen molar-refractivity contribution in [2.75, 3.05) is 20.0 Å². The summed E-state index contributed by atoms with van der Waals surface area (Å²) in [6.45, 7) is 1.85. The van der Waals surface area contributed by atoms with Crippen LogP contribution in [0.15, 0.2) is 48.5 Å². The molecule has 3 rings (SSSR count). The summed E-state index contributed by atoms with van der Waals surface area (Å²) in [5.74, 6) is 1.15. The predicted octanol–water partition coefficient (Wildman–Crippen LogP) is 3.46. The highest BCUT2D eigenvalue weighted by atomic mass is 16.5. The third kappa shape index (κ3) is 3.24. The van der Waals surface area contributed by atoms with Gasteiger partial charge in [0.2, 0.25) is 5.52 Å². The number of aryl methyl sites for hydroxylation is 1. The van der Waals surface area contributed by atoms with E-state index in [1.54, 1.807) is 26.4 Å². The number of rotatable bonds is 5. The number of carbonyl (C=O) groups excluding carboxylic acids is 1. The van der Waals surface area contributed by atoms with Gasteiger partial charge in [0.05, 0.1) is 25.3 Å². The molecule has 5 nitrogen and oxygen atoms in total. The highest BCUT2D eigenvalue weighted by Crippen LogP contribution is 2.27. The van der Waals surface area contributed by atoms with Crippen LogP contribution in [-0.4, -0.2) is 20.0 Å². The van der Waals surface area contributed by atoms with Crippen molar-refractivity contribution in [3.05, 3.63) is 65.4 Å². The van der Waals surface area contributed by atoms with Gasteiger partial charge in [-0.15, -0.1) is 0 Å². The molecule has 26 heavy (non-hydrogen) atoms. The first-order valence-corrected chi connectivity index (χ1v) is 8.19. The molecule has 0 unspecified atom stereocenters. The average molecular weight is 349 g/mol. The molecule has 0 atom stereocenters. The van der Waals surface area contributed by atoms with E-state index in [0.29, 0.717) is 22.7 Å². The number of anilines is 1. The van der Waals surface area contributed by atoms with Crippen LogP contribution in [0.2, 0.25) is 0 Å². The van der Waals surface area contributed by atoms with Crippen molar-refractivity contribution in [3.63, 3.8) is 0 Å². The van der Waals surface area contributed by atoms with Gasteiger partial charge >= 0.3 is 0 Å². The number of hydrogen-bond donors (Lipinski definition) is 1. The quantitative estimate of drug-likeness (QED) is 0.565. The Morgan fingerprint density at radius 3 is 2.62 bits per heavy atom. The van der Waals surface area contributed by atoms with Crippen LogP contribution >= 0.6 is 0 Å². The van der Waals surface area contributed by atoms with Gasteiger partial charge in [0.15, 0.2) is 11.5 Å². The predicted molar refractivity (Wildman–Crippen MR) is 103 cm³/mol. The maximum atomic E-state index is 12.8. The van der Waals surface area contributed by atoms with E-state index in [4.69, 9.17) is 15.2 Å². The summed E-state index contributed by atoms with van der Waals surface area (Å²) in [6, 6.07) is 13.1. The van der Waals surface area contributed by atoms with Crippen molar-refractivity contribution in [2.24, 2.45) is 0 Å². The van der Waals surface area contributed by atoms with Gasteiger partial charge in [-0.3, -0.25) is 4.79 Å². The number of nitrogen functional groups attached to an aromatic ring is 1. The molecule has 0 aliphatic heterocycles. The van der Waals surface area contributed by atoms with Gasteiger partial charge in [0.1, 0.15) is 17.1 Å². The van der Waals surface area contributed by atoms with E-state index in [1.165, 1.54) is 6.08 Å². The summed E-state index contributed by atoms with van der Waals surface area (Å²) in [4.78, 5) is 16.0. The van der Waals surface area contributed by atoms with Gasteiger partial charge in [-0.1, -0.05) is 12.1 Å². The Bertz CT molecular complexity index is 1010. The number of fused-ring (bicyclic) bond motifs is 1. The lowest BCUT2D eigenvalue weighted by Crippen LogP contribution is -2.17. The molecule has 0 bridgehead atoms. The molecule has 0 saturated heterocycles. The number of allylic oxidation sites excluding steroid dienone is 1. The van der Waals surface area contributed by atoms with Crippen LogP contribution in [0.5, 0.6) is 11.5 Å². The van der Waals surface area contributed by atoms with Crippen molar-refractivity contribution in [2.45, 2.75) is 6.92 Å². The summed E-state index contributed by atoms with van der Waals surface area (Å²) in [7, 11) is 3.17. The Labute approximate surface area is 152 Å². The highest BCUT2D eigenvalue weighted by Gasteiger charge is 2.19. The van der Waals surface area contributed by atoms with E-state index < -0.39 is 0 Å². The lowest BCUT2D eigenvalue weighted by Gasteiger charge is -2.07. The Balaban J connectivity index is 1.98. The SMILES string of the molecule is COc1ccc(/C=C/C(=O)c2c(C)[nH+]c3ccccc3c2N)c(OC)c1. The van der Waals surface area contributed by atoms with Gasteiger partial charge < -0.3 is 15.2 Å². The van der Waals surface area contributed by atoms with Gasteiger partial charge in [-0.05, 0) is 30.4 Å². The lowest BCUT2D eigenvalue weighted by atomic mass is 10.0. The summed E-state index contributed by atoms with van der Waals surface area (Å²) < 4.78 is 10.5. The van der Waals surface area contributed by atoms with E-state index in [2.05, 4.69) is 4.98 Å². The second kappa shape index (κ2) is 7.27. The Morgan fingerprint density at radius 2 is 1.88 bits per heavy atom. The van der Waals surface area contributed by atoms with Crippen molar-refractivity contribution >= 4 is 28.4 Å². The van der Waals surface area contributed by atoms with Crippen molar-refractivity contribution < 1.29 is 19.3 Å². The van der Waals surface area contributed by atoms with Gasteiger partial charge in [-0.2, -0.15) is 0 Å². The zero-order valence-electron chi connectivity index (χ0n) is 15.0. The molecule has 5 heteroatoms. The number of H-pyrrole nitrogens is 1. The van der Waals surface area contributed by atoms with E-state index in [9.17, 15) is 4.79 Å². The number of aromatic amines is 1. The summed E-state index contributed by atoms with van der Waals surface area (Å²) in [6.07, 6.45) is 3.22. The molecule has 0 radical (unpaired) electrons. The number of aromatic nitrogens is 1. The van der Waals surface area contributed by atoms with E-state index in [1.807, 2.05) is 43.3 Å². The van der Waals surface area contributed by atoms with Crippen LogP contribution in [0.1, 0.15) is 21.6 Å². The maximum Gasteiger partial charge on any atom is 0.213 e. The van der Waals surface area contributed by atoms with Crippen molar-refractivity contribution in [1.82, 2.24) is 0 Å². The minimum absolute atomic E-state index is 0.167. The van der Waals surface area contributed by atoms with E-state index >= 15 is 0 Å². The number of carbonyl (C=O) groups is 1. The highest BCUT2D eigenvalue weighted by molar-refractivity contribution is 6.14. The minimum Gasteiger partial charge on any atom is -0.497 e. The third-order valence-corrected chi connectivity index (χ3v) is 4.29. The van der Waals surface area contributed by atoms with E-state index in [-0.39, 0.29) is 5.78 Å². The van der Waals surface area contributed by atoms with Crippen LogP contribution in [-0.2, 0) is 0 Å². The Morgan fingerprint density at radius 1 is 1.12 bits per heavy atom. The van der Waals surface area contributed by atoms with Gasteiger partial charge in [0, 0.05) is 24.6 Å². The average Bonchev–Trinajstić information content (AvgIpc) is 2.66. The zero-order chi connectivity index (χ0) is 18.7. The first-order chi connectivity index (χ1) is 12.5. The minimum atomic E-state index is -0.167. The fourth-order valence-electron chi connectivity index (χ4n) is 2.95. The molecular formula is C21H21N2O3+. The number of para-hydroxylation sites is 1. The molecule has 3 N–H and O–H groups in total. The normalized spacial score (nSPS) is 11.0. The number of nitrogens with one attached hydrogen (secondary N) is 1. The molecule has 0 saturated carbocycles. The van der Waals surface area contributed by atoms with Crippen LogP contribution in [0.3, 0.4) is 0 Å². The topological polar surface area (TPSA) is 75.7 Å². The molecule has 0 aliphatic carbocycles. The molecule has 0 aliphatic rings. The van der Waals surface area contributed by atoms with Crippen LogP contribution in [0, 0.1) is 6.92 Å². The molecular weight excluding hydrogens is 328 g/mol. The lowest BCUT2D eigenvalue weighted by molar-refractivity contribution is -0.354. The molecule has 0 amide bonds. The summed E-state index contributed by atoms with van der Waals surface area (Å²) in [5.41, 5.74) is 9.64. The van der Waals surface area contributed by atoms with Gasteiger partial charge in [-0.25, -0.2) is 4.98 Å². The second-order valence-corrected chi connectivity index (χ2v) is 5.89. The van der Waals surface area contributed by atoms with Crippen molar-refractivity contribution in [1.29, 1.82) is 0 Å². The molecule has 1 heterocycles. The molecule has 2 aromatic carbocycles. The number of nitrogens with two attached hydrogens (primary N) is 1. The van der Waals surface area contributed by atoms with E-state index in [0.717, 1.165) is 22.2 Å². The molecule has 0 fully saturated rings. The first kappa shape index (κ1) is 17.5. The number of methoxy groups -OCH3 is 2. The van der Waals surface area contributed by atoms with Crippen LogP contribution in [0.4, 0.5) is 5.69 Å². The number of ketones is 1. The fourth-order valence-corrected chi connectivity index (χ4v) is 2.95. The smallest absolute Gasteiger partial charge is 0.213 e. The van der Waals surface area contributed by atoms with Crippen molar-refractivity contribution in [3.8, 4) is 11.5 Å². The molecule has 132 valence electrons. The first-order valence-electron chi connectivity index (χ1n) is 8.19. The Kier molecular flexibility index (Phi) is 4.89. The number of ether oxygens (including phenoxy) is 2. The second-order valence-electron chi connectivity index (χ2n) is 5.89. The number of benzene rings is 2.